The summed E-state index contributed by atoms with van der Waals surface area (Å²) in [6.07, 6.45) is 3.16. The summed E-state index contributed by atoms with van der Waals surface area (Å²) in [5.74, 6) is 0.0961. The number of nitrogens with zero attached hydrogens (tertiary/aromatic N) is 3. The number of rotatable bonds is 7. The fourth-order valence-electron chi connectivity index (χ4n) is 0.828. The van der Waals surface area contributed by atoms with Crippen LogP contribution in [0.4, 0.5) is 0 Å². The Labute approximate surface area is 71.6 Å². The van der Waals surface area contributed by atoms with Gasteiger partial charge in [-0.05, 0) is 18.4 Å². The molecule has 0 aromatic carbocycles. The topological polar surface area (TPSA) is 91.9 Å². The minimum Gasteiger partial charge on any atom is -0.324 e. The quantitative estimate of drug-likeness (QED) is 0.270. The lowest BCUT2D eigenvalue weighted by Gasteiger charge is -1.96. The van der Waals surface area contributed by atoms with Crippen LogP contribution in [0.25, 0.3) is 10.4 Å². The molecule has 5 heteroatoms. The third-order valence-electron chi connectivity index (χ3n) is 1.50. The van der Waals surface area contributed by atoms with E-state index in [4.69, 9.17) is 11.3 Å². The first-order valence-corrected chi connectivity index (χ1v) is 4.04. The molecular weight excluding hydrogens is 156 g/mol. The van der Waals surface area contributed by atoms with E-state index in [0.29, 0.717) is 13.0 Å². The molecule has 5 nitrogen and oxygen atoms in total. The van der Waals surface area contributed by atoms with Crippen LogP contribution in [0.1, 0.15) is 25.7 Å². The van der Waals surface area contributed by atoms with Gasteiger partial charge in [0.1, 0.15) is 5.78 Å². The first-order chi connectivity index (χ1) is 5.81. The number of carbonyl (C=O) groups excluding carboxylic acids is 1. The molecule has 0 rings (SSSR count). The zero-order valence-electron chi connectivity index (χ0n) is 7.07. The number of nitrogens with two attached hydrogens (primary N) is 1. The summed E-state index contributed by atoms with van der Waals surface area (Å²) in [6, 6.07) is 0. The Morgan fingerprint density at radius 3 is 2.75 bits per heavy atom. The molecule has 0 aliphatic rings. The van der Waals surface area contributed by atoms with Crippen molar-refractivity contribution in [2.75, 3.05) is 13.1 Å². The molecule has 0 saturated carbocycles. The number of hydrogen-bond acceptors (Lipinski definition) is 3. The van der Waals surface area contributed by atoms with Crippen LogP contribution < -0.4 is 5.73 Å². The van der Waals surface area contributed by atoms with Crippen LogP contribution in [0, 0.1) is 0 Å². The van der Waals surface area contributed by atoms with Crippen molar-refractivity contribution in [3.05, 3.63) is 10.4 Å². The number of carbonyl (C=O) groups is 1. The lowest BCUT2D eigenvalue weighted by atomic mass is 10.1. The van der Waals surface area contributed by atoms with Crippen LogP contribution in [-0.2, 0) is 4.79 Å². The predicted octanol–water partition coefficient (Wildman–Crippen LogP) is 1.38. The lowest BCUT2D eigenvalue weighted by molar-refractivity contribution is -0.117. The fraction of sp³-hybridized carbons (Fsp3) is 0.857. The maximum absolute atomic E-state index is 10.7. The minimum absolute atomic E-state index is 0.0961. The lowest BCUT2D eigenvalue weighted by Crippen LogP contribution is -2.12. The van der Waals surface area contributed by atoms with Gasteiger partial charge in [0, 0.05) is 17.9 Å². The molecule has 0 aromatic heterocycles. The smallest absolute Gasteiger partial charge is 0.146 e. The summed E-state index contributed by atoms with van der Waals surface area (Å²) < 4.78 is 0. The molecule has 68 valence electrons. The summed E-state index contributed by atoms with van der Waals surface area (Å²) in [7, 11) is 0. The van der Waals surface area contributed by atoms with E-state index in [1.807, 2.05) is 0 Å². The summed E-state index contributed by atoms with van der Waals surface area (Å²) in [6.45, 7) is 0.656. The second-order valence-electron chi connectivity index (χ2n) is 2.51. The molecular formula is C7H14N4O. The second kappa shape index (κ2) is 8.04. The third-order valence-corrected chi connectivity index (χ3v) is 1.50. The molecule has 0 amide bonds. The molecule has 0 aliphatic carbocycles. The summed E-state index contributed by atoms with van der Waals surface area (Å²) in [5, 5.41) is 3.38. The fourth-order valence-corrected chi connectivity index (χ4v) is 0.828. The molecule has 2 N–H and O–H groups in total. The number of unbranched alkanes of at least 4 members (excludes halogenated alkanes) is 2. The average Bonchev–Trinajstić information content (AvgIpc) is 2.10. The highest BCUT2D eigenvalue weighted by atomic mass is 16.1. The first kappa shape index (κ1) is 10.9. The minimum atomic E-state index is 0.0961. The normalized spacial score (nSPS) is 9.08. The predicted molar refractivity (Wildman–Crippen MR) is 46.5 cm³/mol. The van der Waals surface area contributed by atoms with Gasteiger partial charge in [-0.25, -0.2) is 0 Å². The van der Waals surface area contributed by atoms with Gasteiger partial charge in [0.05, 0.1) is 6.54 Å². The van der Waals surface area contributed by atoms with E-state index in [1.54, 1.807) is 0 Å². The van der Waals surface area contributed by atoms with Gasteiger partial charge in [-0.15, -0.1) is 0 Å². The summed E-state index contributed by atoms with van der Waals surface area (Å²) in [4.78, 5) is 13.3. The SMILES string of the molecule is [N-]=[N+]=NCCCCCC(=O)CN. The van der Waals surface area contributed by atoms with Crippen molar-refractivity contribution in [2.24, 2.45) is 10.8 Å². The number of azide groups is 1. The molecule has 0 heterocycles. The maximum atomic E-state index is 10.7. The second-order valence-corrected chi connectivity index (χ2v) is 2.51. The van der Waals surface area contributed by atoms with Crippen molar-refractivity contribution in [1.82, 2.24) is 0 Å². The highest BCUT2D eigenvalue weighted by Crippen LogP contribution is 2.00. The van der Waals surface area contributed by atoms with Crippen molar-refractivity contribution in [3.8, 4) is 0 Å². The monoisotopic (exact) mass is 170 g/mol. The van der Waals surface area contributed by atoms with Crippen molar-refractivity contribution in [3.63, 3.8) is 0 Å². The number of ketones is 1. The number of Topliss-reactive ketones (excluding diaryl/α,β-unsaturated/α-hetero) is 1. The van der Waals surface area contributed by atoms with Gasteiger partial charge in [0.15, 0.2) is 0 Å². The Morgan fingerprint density at radius 1 is 1.42 bits per heavy atom. The van der Waals surface area contributed by atoms with Crippen molar-refractivity contribution in [1.29, 1.82) is 0 Å². The van der Waals surface area contributed by atoms with E-state index < -0.39 is 0 Å². The maximum Gasteiger partial charge on any atom is 0.146 e. The van der Waals surface area contributed by atoms with Crippen molar-refractivity contribution < 1.29 is 4.79 Å². The largest absolute Gasteiger partial charge is 0.324 e. The molecule has 0 bridgehead atoms. The molecule has 0 aromatic rings. The van der Waals surface area contributed by atoms with E-state index in [9.17, 15) is 4.79 Å². The van der Waals surface area contributed by atoms with E-state index in [-0.39, 0.29) is 12.3 Å². The molecule has 0 spiro atoms. The van der Waals surface area contributed by atoms with Crippen LogP contribution >= 0.6 is 0 Å². The third kappa shape index (κ3) is 7.05. The number of hydrogen-bond donors (Lipinski definition) is 1. The van der Waals surface area contributed by atoms with E-state index in [1.165, 1.54) is 0 Å². The van der Waals surface area contributed by atoms with Crippen LogP contribution in [0.2, 0.25) is 0 Å². The van der Waals surface area contributed by atoms with E-state index in [0.717, 1.165) is 19.3 Å². The summed E-state index contributed by atoms with van der Waals surface area (Å²) in [5.41, 5.74) is 13.1. The van der Waals surface area contributed by atoms with Crippen LogP contribution in [0.15, 0.2) is 5.11 Å². The van der Waals surface area contributed by atoms with Crippen LogP contribution in [-0.4, -0.2) is 18.9 Å². The Bertz CT molecular complexity index is 174. The Morgan fingerprint density at radius 2 is 2.17 bits per heavy atom. The molecule has 0 unspecified atom stereocenters. The zero-order chi connectivity index (χ0) is 9.23. The first-order valence-electron chi connectivity index (χ1n) is 4.04. The standard InChI is InChI=1S/C7H14N4O/c8-6-7(12)4-2-1-3-5-10-11-9/h1-6,8H2. The molecule has 0 atom stereocenters. The highest BCUT2D eigenvalue weighted by Gasteiger charge is 1.96. The van der Waals surface area contributed by atoms with Gasteiger partial charge >= 0.3 is 0 Å². The summed E-state index contributed by atoms with van der Waals surface area (Å²) >= 11 is 0. The highest BCUT2D eigenvalue weighted by molar-refractivity contribution is 5.80. The molecule has 0 saturated heterocycles. The zero-order valence-corrected chi connectivity index (χ0v) is 7.07. The Hall–Kier alpha value is -1.06. The Kier molecular flexibility index (Phi) is 7.33. The molecule has 12 heavy (non-hydrogen) atoms. The average molecular weight is 170 g/mol. The van der Waals surface area contributed by atoms with Gasteiger partial charge in [-0.2, -0.15) is 0 Å². The molecule has 0 fully saturated rings. The molecule has 0 aliphatic heterocycles. The van der Waals surface area contributed by atoms with Crippen molar-refractivity contribution in [2.45, 2.75) is 25.7 Å². The van der Waals surface area contributed by atoms with Gasteiger partial charge in [0.25, 0.3) is 0 Å². The van der Waals surface area contributed by atoms with Gasteiger partial charge in [-0.3, -0.25) is 4.79 Å². The van der Waals surface area contributed by atoms with Crippen LogP contribution in [0.3, 0.4) is 0 Å². The van der Waals surface area contributed by atoms with Gasteiger partial charge in [-0.1, -0.05) is 11.5 Å². The van der Waals surface area contributed by atoms with Crippen molar-refractivity contribution >= 4 is 5.78 Å². The Balaban J connectivity index is 3.10. The van der Waals surface area contributed by atoms with E-state index in [2.05, 4.69) is 10.0 Å². The van der Waals surface area contributed by atoms with Gasteiger partial charge in [0.2, 0.25) is 0 Å². The van der Waals surface area contributed by atoms with E-state index >= 15 is 0 Å². The van der Waals surface area contributed by atoms with Crippen LogP contribution in [0.5, 0.6) is 0 Å². The van der Waals surface area contributed by atoms with Gasteiger partial charge < -0.3 is 5.73 Å². The molecule has 0 radical (unpaired) electrons.